The van der Waals surface area contributed by atoms with Crippen molar-refractivity contribution in [2.45, 2.75) is 25.5 Å². The minimum absolute atomic E-state index is 0.0627. The Bertz CT molecular complexity index is 731. The maximum Gasteiger partial charge on any atom is 0.263 e. The van der Waals surface area contributed by atoms with Crippen molar-refractivity contribution in [2.75, 3.05) is 6.61 Å². The minimum atomic E-state index is -0.153. The Morgan fingerprint density at radius 1 is 1.53 bits per heavy atom. The first-order valence-corrected chi connectivity index (χ1v) is 6.98. The number of H-pyrrole nitrogens is 1. The number of nitrogens with zero attached hydrogens (tertiary/aromatic N) is 1. The van der Waals surface area contributed by atoms with Gasteiger partial charge in [-0.3, -0.25) is 9.36 Å². The van der Waals surface area contributed by atoms with Crippen LogP contribution in [-0.2, 0) is 11.3 Å². The number of benzene rings is 1. The van der Waals surface area contributed by atoms with Crippen molar-refractivity contribution in [3.63, 3.8) is 0 Å². The van der Waals surface area contributed by atoms with Gasteiger partial charge in [-0.1, -0.05) is 17.7 Å². The zero-order chi connectivity index (χ0) is 13.4. The van der Waals surface area contributed by atoms with E-state index >= 15 is 0 Å². The summed E-state index contributed by atoms with van der Waals surface area (Å²) in [5.74, 6) is 0. The molecule has 1 N–H and O–H groups in total. The molecular formula is C13H13ClN2O2S. The van der Waals surface area contributed by atoms with Gasteiger partial charge in [0.25, 0.3) is 5.56 Å². The molecule has 0 spiro atoms. The molecule has 1 aliphatic heterocycles. The van der Waals surface area contributed by atoms with E-state index < -0.39 is 0 Å². The number of aromatic nitrogens is 2. The SMILES string of the molecule is O=c1c2c(Cl)cccc2[nH]c(=S)n1CC1CCCO1. The molecule has 0 saturated carbocycles. The van der Waals surface area contributed by atoms with Gasteiger partial charge in [0.15, 0.2) is 4.77 Å². The molecule has 1 saturated heterocycles. The van der Waals surface area contributed by atoms with E-state index in [2.05, 4.69) is 4.98 Å². The molecule has 1 unspecified atom stereocenters. The van der Waals surface area contributed by atoms with Gasteiger partial charge < -0.3 is 9.72 Å². The largest absolute Gasteiger partial charge is 0.376 e. The molecule has 19 heavy (non-hydrogen) atoms. The third kappa shape index (κ3) is 2.33. The van der Waals surface area contributed by atoms with Crippen LogP contribution in [0, 0.1) is 4.77 Å². The molecule has 1 atom stereocenters. The van der Waals surface area contributed by atoms with Crippen LogP contribution in [0.2, 0.25) is 5.02 Å². The van der Waals surface area contributed by atoms with Gasteiger partial charge >= 0.3 is 0 Å². The highest BCUT2D eigenvalue weighted by Crippen LogP contribution is 2.19. The zero-order valence-corrected chi connectivity index (χ0v) is 11.8. The topological polar surface area (TPSA) is 47.0 Å². The van der Waals surface area contributed by atoms with Crippen LogP contribution in [0.4, 0.5) is 0 Å². The molecule has 1 aliphatic rings. The highest BCUT2D eigenvalue weighted by molar-refractivity contribution is 7.71. The molecule has 0 aliphatic carbocycles. The molecule has 100 valence electrons. The molecule has 6 heteroatoms. The smallest absolute Gasteiger partial charge is 0.263 e. The molecule has 2 heterocycles. The summed E-state index contributed by atoms with van der Waals surface area (Å²) in [6, 6.07) is 5.30. The Hall–Kier alpha value is -1.17. The van der Waals surface area contributed by atoms with Crippen molar-refractivity contribution in [2.24, 2.45) is 0 Å². The molecule has 2 aromatic rings. The van der Waals surface area contributed by atoms with E-state index in [1.165, 1.54) is 0 Å². The number of nitrogens with one attached hydrogen (secondary N) is 1. The van der Waals surface area contributed by atoms with Crippen molar-refractivity contribution >= 4 is 34.7 Å². The lowest BCUT2D eigenvalue weighted by molar-refractivity contribution is 0.0957. The number of aromatic amines is 1. The van der Waals surface area contributed by atoms with E-state index in [0.717, 1.165) is 19.4 Å². The lowest BCUT2D eigenvalue weighted by atomic mass is 10.2. The molecule has 1 fully saturated rings. The highest BCUT2D eigenvalue weighted by Gasteiger charge is 2.18. The average Bonchev–Trinajstić information content (AvgIpc) is 2.87. The van der Waals surface area contributed by atoms with E-state index in [-0.39, 0.29) is 11.7 Å². The van der Waals surface area contributed by atoms with Crippen molar-refractivity contribution in [3.05, 3.63) is 38.3 Å². The Kier molecular flexibility index (Phi) is 3.43. The van der Waals surface area contributed by atoms with E-state index in [1.54, 1.807) is 22.8 Å². The summed E-state index contributed by atoms with van der Waals surface area (Å²) in [7, 11) is 0. The Labute approximate surface area is 120 Å². The predicted molar refractivity (Wildman–Crippen MR) is 77.4 cm³/mol. The van der Waals surface area contributed by atoms with Crippen LogP contribution in [0.25, 0.3) is 10.9 Å². The lowest BCUT2D eigenvalue weighted by Gasteiger charge is -2.13. The Balaban J connectivity index is 2.16. The summed E-state index contributed by atoms with van der Waals surface area (Å²) < 4.78 is 7.51. The maximum atomic E-state index is 12.5. The van der Waals surface area contributed by atoms with Crippen LogP contribution < -0.4 is 5.56 Å². The monoisotopic (exact) mass is 296 g/mol. The summed E-state index contributed by atoms with van der Waals surface area (Å²) in [6.45, 7) is 1.24. The lowest BCUT2D eigenvalue weighted by Crippen LogP contribution is -2.28. The number of rotatable bonds is 2. The summed E-state index contributed by atoms with van der Waals surface area (Å²) >= 11 is 11.4. The van der Waals surface area contributed by atoms with Gasteiger partial charge in [-0.05, 0) is 37.2 Å². The van der Waals surface area contributed by atoms with Gasteiger partial charge in [0.05, 0.1) is 28.6 Å². The number of halogens is 1. The predicted octanol–water partition coefficient (Wildman–Crippen LogP) is 2.89. The fourth-order valence-electron chi connectivity index (χ4n) is 2.41. The van der Waals surface area contributed by atoms with E-state index in [0.29, 0.717) is 27.2 Å². The standard InChI is InChI=1S/C13H13ClN2O2S/c14-9-4-1-5-10-11(9)12(17)16(13(19)15-10)7-8-3-2-6-18-8/h1,4-5,8H,2-3,6-7H2,(H,15,19). The van der Waals surface area contributed by atoms with Gasteiger partial charge in [-0.25, -0.2) is 0 Å². The van der Waals surface area contributed by atoms with Crippen LogP contribution in [-0.4, -0.2) is 22.3 Å². The zero-order valence-electron chi connectivity index (χ0n) is 10.2. The second-order valence-electron chi connectivity index (χ2n) is 4.64. The van der Waals surface area contributed by atoms with Crippen molar-refractivity contribution < 1.29 is 4.74 Å². The van der Waals surface area contributed by atoms with Gasteiger partial charge in [-0.2, -0.15) is 0 Å². The van der Waals surface area contributed by atoms with Crippen molar-refractivity contribution in [1.82, 2.24) is 9.55 Å². The molecule has 1 aromatic heterocycles. The van der Waals surface area contributed by atoms with E-state index in [1.807, 2.05) is 0 Å². The number of fused-ring (bicyclic) bond motifs is 1. The van der Waals surface area contributed by atoms with Crippen molar-refractivity contribution in [1.29, 1.82) is 0 Å². The minimum Gasteiger partial charge on any atom is -0.376 e. The van der Waals surface area contributed by atoms with Crippen LogP contribution in [0.3, 0.4) is 0 Å². The molecule has 0 radical (unpaired) electrons. The number of hydrogen-bond donors (Lipinski definition) is 1. The number of ether oxygens (including phenoxy) is 1. The van der Waals surface area contributed by atoms with Gasteiger partial charge in [0.1, 0.15) is 0 Å². The fourth-order valence-corrected chi connectivity index (χ4v) is 2.94. The maximum absolute atomic E-state index is 12.5. The fraction of sp³-hybridized carbons (Fsp3) is 0.385. The second-order valence-corrected chi connectivity index (χ2v) is 5.44. The molecule has 0 bridgehead atoms. The Morgan fingerprint density at radius 3 is 3.11 bits per heavy atom. The summed E-state index contributed by atoms with van der Waals surface area (Å²) in [6.07, 6.45) is 2.05. The van der Waals surface area contributed by atoms with E-state index in [4.69, 9.17) is 28.6 Å². The van der Waals surface area contributed by atoms with Crippen LogP contribution in [0.1, 0.15) is 12.8 Å². The average molecular weight is 297 g/mol. The molecule has 1 aromatic carbocycles. The first kappa shape index (κ1) is 12.8. The summed E-state index contributed by atoms with van der Waals surface area (Å²) in [5.41, 5.74) is 0.519. The quantitative estimate of drug-likeness (QED) is 0.867. The summed E-state index contributed by atoms with van der Waals surface area (Å²) in [4.78, 5) is 15.5. The van der Waals surface area contributed by atoms with Crippen molar-refractivity contribution in [3.8, 4) is 0 Å². The van der Waals surface area contributed by atoms with E-state index in [9.17, 15) is 4.79 Å². The van der Waals surface area contributed by atoms with Crippen LogP contribution >= 0.6 is 23.8 Å². The first-order chi connectivity index (χ1) is 9.16. The Morgan fingerprint density at radius 2 is 2.37 bits per heavy atom. The second kappa shape index (κ2) is 5.07. The number of hydrogen-bond acceptors (Lipinski definition) is 3. The third-order valence-electron chi connectivity index (χ3n) is 3.37. The third-order valence-corrected chi connectivity index (χ3v) is 4.01. The van der Waals surface area contributed by atoms with Crippen LogP contribution in [0.15, 0.2) is 23.0 Å². The van der Waals surface area contributed by atoms with Gasteiger partial charge in [0, 0.05) is 6.61 Å². The normalized spacial score (nSPS) is 19.1. The molecular weight excluding hydrogens is 284 g/mol. The highest BCUT2D eigenvalue weighted by atomic mass is 35.5. The van der Waals surface area contributed by atoms with Gasteiger partial charge in [-0.15, -0.1) is 0 Å². The first-order valence-electron chi connectivity index (χ1n) is 6.20. The summed E-state index contributed by atoms with van der Waals surface area (Å²) in [5, 5.41) is 0.922. The van der Waals surface area contributed by atoms with Gasteiger partial charge in [0.2, 0.25) is 0 Å². The molecule has 0 amide bonds. The van der Waals surface area contributed by atoms with Crippen LogP contribution in [0.5, 0.6) is 0 Å². The molecule has 4 nitrogen and oxygen atoms in total. The molecule has 3 rings (SSSR count).